The van der Waals surface area contributed by atoms with Crippen LogP contribution in [0.1, 0.15) is 25.0 Å². The van der Waals surface area contributed by atoms with Crippen molar-refractivity contribution in [2.45, 2.75) is 32.0 Å². The maximum absolute atomic E-state index is 12.3. The van der Waals surface area contributed by atoms with E-state index in [1.165, 1.54) is 12.1 Å². The van der Waals surface area contributed by atoms with Crippen molar-refractivity contribution in [3.8, 4) is 5.75 Å². The van der Waals surface area contributed by atoms with E-state index in [0.29, 0.717) is 17.8 Å². The standard InChI is InChI=1S/C22H19NO5/c1-22(2)19(27-21(25)7-5-14-4-3-9-23-13-14)11-16-10-15-6-8-20(24)26-17(15)12-18(16)28-22/h3-10,12-13,19H,11H2,1-2H3/b7-5+/t19-/m0/s1. The third-order valence-electron chi connectivity index (χ3n) is 4.71. The number of hydrogen-bond acceptors (Lipinski definition) is 6. The quantitative estimate of drug-likeness (QED) is 0.395. The van der Waals surface area contributed by atoms with Gasteiger partial charge in [-0.2, -0.15) is 0 Å². The van der Waals surface area contributed by atoms with Crippen molar-refractivity contribution < 1.29 is 18.7 Å². The van der Waals surface area contributed by atoms with Crippen LogP contribution in [0.4, 0.5) is 0 Å². The molecule has 28 heavy (non-hydrogen) atoms. The number of pyridine rings is 1. The van der Waals surface area contributed by atoms with Crippen LogP contribution in [0, 0.1) is 0 Å². The first-order chi connectivity index (χ1) is 13.4. The van der Waals surface area contributed by atoms with Gasteiger partial charge in [-0.15, -0.1) is 0 Å². The number of benzene rings is 1. The van der Waals surface area contributed by atoms with E-state index in [0.717, 1.165) is 16.5 Å². The van der Waals surface area contributed by atoms with Crippen LogP contribution < -0.4 is 10.4 Å². The average molecular weight is 377 g/mol. The molecule has 0 bridgehead atoms. The van der Waals surface area contributed by atoms with Crippen molar-refractivity contribution in [2.24, 2.45) is 0 Å². The molecular weight excluding hydrogens is 358 g/mol. The number of aromatic nitrogens is 1. The van der Waals surface area contributed by atoms with E-state index in [4.69, 9.17) is 13.9 Å². The Balaban J connectivity index is 1.56. The van der Waals surface area contributed by atoms with Gasteiger partial charge in [-0.05, 0) is 49.2 Å². The molecule has 0 aliphatic carbocycles. The monoisotopic (exact) mass is 377 g/mol. The van der Waals surface area contributed by atoms with Crippen molar-refractivity contribution >= 4 is 23.0 Å². The van der Waals surface area contributed by atoms with Gasteiger partial charge in [0.25, 0.3) is 0 Å². The molecule has 1 aromatic carbocycles. The van der Waals surface area contributed by atoms with Crippen LogP contribution in [0.3, 0.4) is 0 Å². The van der Waals surface area contributed by atoms with Crippen molar-refractivity contribution in [1.82, 2.24) is 4.98 Å². The van der Waals surface area contributed by atoms with Gasteiger partial charge in [0, 0.05) is 42.4 Å². The summed E-state index contributed by atoms with van der Waals surface area (Å²) in [5, 5.41) is 0.795. The lowest BCUT2D eigenvalue weighted by Crippen LogP contribution is -2.48. The molecule has 0 amide bonds. The molecule has 142 valence electrons. The summed E-state index contributed by atoms with van der Waals surface area (Å²) in [6.45, 7) is 3.73. The van der Waals surface area contributed by atoms with Crippen LogP contribution in [0.5, 0.6) is 5.75 Å². The van der Waals surface area contributed by atoms with E-state index in [-0.39, 0.29) is 0 Å². The number of rotatable bonds is 3. The first-order valence-corrected chi connectivity index (χ1v) is 8.95. The number of hydrogen-bond donors (Lipinski definition) is 0. The Kier molecular flexibility index (Phi) is 4.47. The molecule has 1 aliphatic rings. The van der Waals surface area contributed by atoms with Crippen LogP contribution in [-0.4, -0.2) is 22.7 Å². The number of carbonyl (C=O) groups is 1. The molecule has 0 radical (unpaired) electrons. The highest BCUT2D eigenvalue weighted by Gasteiger charge is 2.39. The fourth-order valence-electron chi connectivity index (χ4n) is 3.19. The van der Waals surface area contributed by atoms with Crippen molar-refractivity contribution in [1.29, 1.82) is 0 Å². The van der Waals surface area contributed by atoms with Gasteiger partial charge in [-0.3, -0.25) is 4.98 Å². The maximum atomic E-state index is 12.3. The van der Waals surface area contributed by atoms with E-state index in [1.54, 1.807) is 36.7 Å². The second-order valence-electron chi connectivity index (χ2n) is 7.21. The zero-order valence-electron chi connectivity index (χ0n) is 15.5. The van der Waals surface area contributed by atoms with Crippen molar-refractivity contribution in [3.63, 3.8) is 0 Å². The third-order valence-corrected chi connectivity index (χ3v) is 4.71. The number of fused-ring (bicyclic) bond motifs is 2. The first kappa shape index (κ1) is 18.0. The minimum atomic E-state index is -0.729. The lowest BCUT2D eigenvalue weighted by Gasteiger charge is -2.39. The smallest absolute Gasteiger partial charge is 0.336 e. The van der Waals surface area contributed by atoms with Gasteiger partial charge < -0.3 is 13.9 Å². The van der Waals surface area contributed by atoms with Crippen molar-refractivity contribution in [2.75, 3.05) is 0 Å². The number of carbonyl (C=O) groups excluding carboxylic acids is 1. The molecule has 0 spiro atoms. The highest BCUT2D eigenvalue weighted by Crippen LogP contribution is 2.37. The zero-order chi connectivity index (χ0) is 19.7. The van der Waals surface area contributed by atoms with Gasteiger partial charge in [0.2, 0.25) is 0 Å². The minimum absolute atomic E-state index is 0.408. The van der Waals surface area contributed by atoms with Crippen LogP contribution in [0.2, 0.25) is 0 Å². The van der Waals surface area contributed by atoms with Gasteiger partial charge in [-0.25, -0.2) is 9.59 Å². The van der Waals surface area contributed by atoms with Gasteiger partial charge in [-0.1, -0.05) is 6.07 Å². The summed E-state index contributed by atoms with van der Waals surface area (Å²) in [7, 11) is 0. The molecule has 1 aliphatic heterocycles. The molecule has 4 rings (SSSR count). The third kappa shape index (κ3) is 3.67. The van der Waals surface area contributed by atoms with Gasteiger partial charge in [0.1, 0.15) is 23.0 Å². The molecule has 0 unspecified atom stereocenters. The second-order valence-corrected chi connectivity index (χ2v) is 7.21. The molecule has 6 heteroatoms. The zero-order valence-corrected chi connectivity index (χ0v) is 15.5. The highest BCUT2D eigenvalue weighted by atomic mass is 16.6. The average Bonchev–Trinajstić information content (AvgIpc) is 2.66. The van der Waals surface area contributed by atoms with Gasteiger partial charge in [0.05, 0.1) is 0 Å². The first-order valence-electron chi connectivity index (χ1n) is 8.95. The Labute approximate surface area is 161 Å². The van der Waals surface area contributed by atoms with Crippen LogP contribution in [-0.2, 0) is 16.0 Å². The lowest BCUT2D eigenvalue weighted by molar-refractivity contribution is -0.155. The molecule has 2 aromatic heterocycles. The SMILES string of the molecule is CC1(C)Oc2cc3oc(=O)ccc3cc2C[C@@H]1OC(=O)/C=C/c1cccnc1. The largest absolute Gasteiger partial charge is 0.484 e. The summed E-state index contributed by atoms with van der Waals surface area (Å²) in [6.07, 6.45) is 6.43. The van der Waals surface area contributed by atoms with E-state index in [1.807, 2.05) is 26.0 Å². The summed E-state index contributed by atoms with van der Waals surface area (Å²) in [5.41, 5.74) is 1.05. The minimum Gasteiger partial charge on any atom is -0.484 e. The van der Waals surface area contributed by atoms with E-state index >= 15 is 0 Å². The lowest BCUT2D eigenvalue weighted by atomic mass is 9.90. The molecule has 0 fully saturated rings. The predicted molar refractivity (Wildman–Crippen MR) is 104 cm³/mol. The number of nitrogens with zero attached hydrogens (tertiary/aromatic N) is 1. The molecule has 3 heterocycles. The van der Waals surface area contributed by atoms with Crippen LogP contribution >= 0.6 is 0 Å². The van der Waals surface area contributed by atoms with E-state index in [9.17, 15) is 9.59 Å². The Morgan fingerprint density at radius 3 is 2.93 bits per heavy atom. The molecule has 3 aromatic rings. The highest BCUT2D eigenvalue weighted by molar-refractivity contribution is 5.87. The number of ether oxygens (including phenoxy) is 2. The molecule has 0 saturated carbocycles. The molecule has 6 nitrogen and oxygen atoms in total. The fourth-order valence-corrected chi connectivity index (χ4v) is 3.19. The Bertz CT molecular complexity index is 1110. The topological polar surface area (TPSA) is 78.6 Å². The second kappa shape index (κ2) is 6.96. The van der Waals surface area contributed by atoms with Gasteiger partial charge in [0.15, 0.2) is 0 Å². The molecule has 0 N–H and O–H groups in total. The summed E-state index contributed by atoms with van der Waals surface area (Å²) >= 11 is 0. The van der Waals surface area contributed by atoms with Crippen LogP contribution in [0.25, 0.3) is 17.0 Å². The summed E-state index contributed by atoms with van der Waals surface area (Å²) < 4.78 is 17.0. The van der Waals surface area contributed by atoms with Crippen LogP contribution in [0.15, 0.2) is 64.1 Å². The van der Waals surface area contributed by atoms with E-state index < -0.39 is 23.3 Å². The Morgan fingerprint density at radius 1 is 1.29 bits per heavy atom. The summed E-state index contributed by atoms with van der Waals surface area (Å²) in [4.78, 5) is 27.7. The van der Waals surface area contributed by atoms with Crippen molar-refractivity contribution in [3.05, 3.63) is 76.4 Å². The summed E-state index contributed by atoms with van der Waals surface area (Å²) in [5.74, 6) is 0.186. The molecular formula is C22H19NO5. The number of esters is 1. The predicted octanol–water partition coefficient (Wildman–Crippen LogP) is 3.53. The fraction of sp³-hybridized carbons (Fsp3) is 0.227. The summed E-state index contributed by atoms with van der Waals surface area (Å²) in [6, 6.07) is 10.3. The molecule has 1 atom stereocenters. The van der Waals surface area contributed by atoms with Gasteiger partial charge >= 0.3 is 11.6 Å². The normalized spacial score (nSPS) is 17.9. The maximum Gasteiger partial charge on any atom is 0.336 e. The molecule has 0 saturated heterocycles. The Morgan fingerprint density at radius 2 is 2.14 bits per heavy atom. The Hall–Kier alpha value is -3.41. The van der Waals surface area contributed by atoms with E-state index in [2.05, 4.69) is 4.98 Å².